The van der Waals surface area contributed by atoms with Crippen molar-refractivity contribution in [1.82, 2.24) is 4.90 Å². The fourth-order valence-electron chi connectivity index (χ4n) is 1.94. The Hall–Kier alpha value is -1.71. The van der Waals surface area contributed by atoms with E-state index >= 15 is 0 Å². The van der Waals surface area contributed by atoms with E-state index in [1.54, 1.807) is 12.0 Å². The van der Waals surface area contributed by atoms with Crippen LogP contribution < -0.4 is 9.64 Å². The summed E-state index contributed by atoms with van der Waals surface area (Å²) in [6.07, 6.45) is 0. The van der Waals surface area contributed by atoms with Gasteiger partial charge in [0.15, 0.2) is 0 Å². The lowest BCUT2D eigenvalue weighted by molar-refractivity contribution is 0.0801. The number of methoxy groups -OCH3 is 1. The number of benzene rings is 1. The molecule has 0 bridgehead atoms. The molecular formula is C12H16N2O2. The predicted octanol–water partition coefficient (Wildman–Crippen LogP) is 1.22. The minimum Gasteiger partial charge on any atom is -0.496 e. The molecule has 86 valence electrons. The quantitative estimate of drug-likeness (QED) is 0.713. The number of hydrogen-bond donors (Lipinski definition) is 0. The molecule has 1 aliphatic rings. The van der Waals surface area contributed by atoms with E-state index < -0.39 is 0 Å². The zero-order valence-corrected chi connectivity index (χ0v) is 9.86. The van der Waals surface area contributed by atoms with Gasteiger partial charge in [0, 0.05) is 27.2 Å². The molecule has 0 spiro atoms. The maximum atomic E-state index is 12.2. The van der Waals surface area contributed by atoms with Crippen LogP contribution in [-0.2, 0) is 0 Å². The molecule has 0 aliphatic carbocycles. The molecule has 0 atom stereocenters. The van der Waals surface area contributed by atoms with Gasteiger partial charge in [-0.25, -0.2) is 0 Å². The average Bonchev–Trinajstić information content (AvgIpc) is 2.42. The topological polar surface area (TPSA) is 32.8 Å². The summed E-state index contributed by atoms with van der Waals surface area (Å²) in [5.41, 5.74) is 1.60. The zero-order valence-electron chi connectivity index (χ0n) is 9.86. The minimum atomic E-state index is 0.0248. The third-order valence-electron chi connectivity index (χ3n) is 2.97. The van der Waals surface area contributed by atoms with E-state index in [2.05, 4.69) is 4.90 Å². The first kappa shape index (κ1) is 10.8. The standard InChI is InChI=1S/C12H16N2O2/c1-13-7-8-14(2)12(15)11-9(13)5-4-6-10(11)16-3/h4-6H,7-8H2,1-3H3. The Morgan fingerprint density at radius 1 is 1.19 bits per heavy atom. The van der Waals surface area contributed by atoms with E-state index in [1.165, 1.54) is 0 Å². The molecule has 16 heavy (non-hydrogen) atoms. The van der Waals surface area contributed by atoms with Gasteiger partial charge in [0.05, 0.1) is 12.8 Å². The molecule has 1 aromatic rings. The highest BCUT2D eigenvalue weighted by atomic mass is 16.5. The number of rotatable bonds is 1. The second-order valence-electron chi connectivity index (χ2n) is 4.00. The lowest BCUT2D eigenvalue weighted by Crippen LogP contribution is -2.30. The minimum absolute atomic E-state index is 0.0248. The summed E-state index contributed by atoms with van der Waals surface area (Å²) < 4.78 is 5.26. The van der Waals surface area contributed by atoms with E-state index in [-0.39, 0.29) is 5.91 Å². The molecule has 1 amide bonds. The molecule has 1 heterocycles. The monoisotopic (exact) mass is 220 g/mol. The number of ether oxygens (including phenoxy) is 1. The largest absolute Gasteiger partial charge is 0.496 e. The normalized spacial score (nSPS) is 15.8. The summed E-state index contributed by atoms with van der Waals surface area (Å²) in [5.74, 6) is 0.667. The van der Waals surface area contributed by atoms with Gasteiger partial charge in [-0.15, -0.1) is 0 Å². The second kappa shape index (κ2) is 4.04. The molecule has 0 saturated heterocycles. The third-order valence-corrected chi connectivity index (χ3v) is 2.97. The van der Waals surface area contributed by atoms with Crippen LogP contribution in [0.1, 0.15) is 10.4 Å². The second-order valence-corrected chi connectivity index (χ2v) is 4.00. The highest BCUT2D eigenvalue weighted by molar-refractivity contribution is 6.03. The van der Waals surface area contributed by atoms with Crippen molar-refractivity contribution in [2.75, 3.05) is 39.2 Å². The van der Waals surface area contributed by atoms with Gasteiger partial charge < -0.3 is 14.5 Å². The Balaban J connectivity index is 2.60. The summed E-state index contributed by atoms with van der Waals surface area (Å²) in [4.78, 5) is 16.0. The number of amides is 1. The SMILES string of the molecule is COc1cccc2c1C(=O)N(C)CCN2C. The molecule has 1 aliphatic heterocycles. The molecule has 0 aromatic heterocycles. The molecule has 0 unspecified atom stereocenters. The molecule has 2 rings (SSSR count). The van der Waals surface area contributed by atoms with Crippen molar-refractivity contribution in [3.63, 3.8) is 0 Å². The van der Waals surface area contributed by atoms with Crippen molar-refractivity contribution in [1.29, 1.82) is 0 Å². The van der Waals surface area contributed by atoms with Crippen molar-refractivity contribution in [3.05, 3.63) is 23.8 Å². The summed E-state index contributed by atoms with van der Waals surface area (Å²) in [6.45, 7) is 1.57. The maximum absolute atomic E-state index is 12.2. The highest BCUT2D eigenvalue weighted by Crippen LogP contribution is 2.31. The van der Waals surface area contributed by atoms with Crippen molar-refractivity contribution < 1.29 is 9.53 Å². The van der Waals surface area contributed by atoms with Gasteiger partial charge in [-0.3, -0.25) is 4.79 Å². The maximum Gasteiger partial charge on any atom is 0.259 e. The van der Waals surface area contributed by atoms with E-state index in [0.29, 0.717) is 11.3 Å². The zero-order chi connectivity index (χ0) is 11.7. The van der Waals surface area contributed by atoms with E-state index in [4.69, 9.17) is 4.74 Å². The first-order valence-electron chi connectivity index (χ1n) is 5.28. The lowest BCUT2D eigenvalue weighted by Gasteiger charge is -2.18. The van der Waals surface area contributed by atoms with Gasteiger partial charge in [0.1, 0.15) is 11.3 Å². The van der Waals surface area contributed by atoms with Crippen LogP contribution >= 0.6 is 0 Å². The molecule has 1 aromatic carbocycles. The van der Waals surface area contributed by atoms with Gasteiger partial charge in [-0.05, 0) is 12.1 Å². The summed E-state index contributed by atoms with van der Waals surface area (Å²) in [6, 6.07) is 5.69. The Bertz CT molecular complexity index is 417. The number of nitrogens with zero attached hydrogens (tertiary/aromatic N) is 2. The average molecular weight is 220 g/mol. The van der Waals surface area contributed by atoms with Crippen LogP contribution in [0, 0.1) is 0 Å². The molecular weight excluding hydrogens is 204 g/mol. The van der Waals surface area contributed by atoms with E-state index in [0.717, 1.165) is 18.8 Å². The fraction of sp³-hybridized carbons (Fsp3) is 0.417. The first-order valence-corrected chi connectivity index (χ1v) is 5.28. The molecule has 0 radical (unpaired) electrons. The number of likely N-dealkylation sites (N-methyl/N-ethyl adjacent to an activating group) is 2. The molecule has 0 fully saturated rings. The van der Waals surface area contributed by atoms with Gasteiger partial charge in [-0.2, -0.15) is 0 Å². The third kappa shape index (κ3) is 1.60. The van der Waals surface area contributed by atoms with Crippen LogP contribution in [0.25, 0.3) is 0 Å². The van der Waals surface area contributed by atoms with Crippen LogP contribution in [-0.4, -0.2) is 45.1 Å². The smallest absolute Gasteiger partial charge is 0.259 e. The Morgan fingerprint density at radius 3 is 2.56 bits per heavy atom. The summed E-state index contributed by atoms with van der Waals surface area (Å²) >= 11 is 0. The molecule has 0 N–H and O–H groups in total. The summed E-state index contributed by atoms with van der Waals surface area (Å²) in [5, 5.41) is 0. The molecule has 4 heteroatoms. The van der Waals surface area contributed by atoms with Crippen LogP contribution in [0.4, 0.5) is 5.69 Å². The highest BCUT2D eigenvalue weighted by Gasteiger charge is 2.25. The van der Waals surface area contributed by atoms with Crippen molar-refractivity contribution >= 4 is 11.6 Å². The van der Waals surface area contributed by atoms with Crippen LogP contribution in [0.5, 0.6) is 5.75 Å². The Morgan fingerprint density at radius 2 is 1.88 bits per heavy atom. The lowest BCUT2D eigenvalue weighted by atomic mass is 10.1. The number of anilines is 1. The van der Waals surface area contributed by atoms with Crippen molar-refractivity contribution in [3.8, 4) is 5.75 Å². The number of hydrogen-bond acceptors (Lipinski definition) is 3. The van der Waals surface area contributed by atoms with Crippen LogP contribution in [0.3, 0.4) is 0 Å². The van der Waals surface area contributed by atoms with Crippen LogP contribution in [0.2, 0.25) is 0 Å². The molecule has 4 nitrogen and oxygen atoms in total. The summed E-state index contributed by atoms with van der Waals surface area (Å²) in [7, 11) is 5.40. The van der Waals surface area contributed by atoms with Gasteiger partial charge in [0.25, 0.3) is 5.91 Å². The van der Waals surface area contributed by atoms with Crippen molar-refractivity contribution in [2.24, 2.45) is 0 Å². The first-order chi connectivity index (χ1) is 7.65. The fourth-order valence-corrected chi connectivity index (χ4v) is 1.94. The van der Waals surface area contributed by atoms with Gasteiger partial charge in [0.2, 0.25) is 0 Å². The molecule has 0 saturated carbocycles. The van der Waals surface area contributed by atoms with E-state index in [9.17, 15) is 4.79 Å². The Kier molecular flexibility index (Phi) is 2.73. The van der Waals surface area contributed by atoms with E-state index in [1.807, 2.05) is 32.3 Å². The van der Waals surface area contributed by atoms with Gasteiger partial charge >= 0.3 is 0 Å². The van der Waals surface area contributed by atoms with Crippen LogP contribution in [0.15, 0.2) is 18.2 Å². The van der Waals surface area contributed by atoms with Gasteiger partial charge in [-0.1, -0.05) is 6.07 Å². The Labute approximate surface area is 95.4 Å². The number of fused-ring (bicyclic) bond motifs is 1. The predicted molar refractivity (Wildman–Crippen MR) is 63.2 cm³/mol. The number of carbonyl (C=O) groups is 1. The number of carbonyl (C=O) groups excluding carboxylic acids is 1. The van der Waals surface area contributed by atoms with Crippen molar-refractivity contribution in [2.45, 2.75) is 0 Å².